The van der Waals surface area contributed by atoms with Crippen LogP contribution in [-0.2, 0) is 16.3 Å². The van der Waals surface area contributed by atoms with Crippen LogP contribution >= 0.6 is 0 Å². The Bertz CT molecular complexity index is 539. The van der Waals surface area contributed by atoms with Crippen molar-refractivity contribution < 1.29 is 13.2 Å². The van der Waals surface area contributed by atoms with Gasteiger partial charge < -0.3 is 10.1 Å². The van der Waals surface area contributed by atoms with Crippen LogP contribution in [0.3, 0.4) is 0 Å². The van der Waals surface area contributed by atoms with Gasteiger partial charge in [0.25, 0.3) is 0 Å². The van der Waals surface area contributed by atoms with Crippen molar-refractivity contribution in [2.24, 2.45) is 0 Å². The molecule has 2 rings (SSSR count). The van der Waals surface area contributed by atoms with Gasteiger partial charge in [-0.25, -0.2) is 8.42 Å². The number of hydrogen-bond acceptors (Lipinski definition) is 4. The minimum atomic E-state index is -3.04. The van der Waals surface area contributed by atoms with Crippen LogP contribution in [0.4, 0.5) is 0 Å². The summed E-state index contributed by atoms with van der Waals surface area (Å²) >= 11 is 0. The zero-order chi connectivity index (χ0) is 13.3. The minimum absolute atomic E-state index is 0.0176. The van der Waals surface area contributed by atoms with Crippen LogP contribution in [0.15, 0.2) is 18.2 Å². The van der Waals surface area contributed by atoms with Gasteiger partial charge in [0.2, 0.25) is 0 Å². The van der Waals surface area contributed by atoms with Gasteiger partial charge in [-0.15, -0.1) is 0 Å². The highest BCUT2D eigenvalue weighted by atomic mass is 32.2. The van der Waals surface area contributed by atoms with E-state index in [0.717, 1.165) is 17.5 Å². The van der Waals surface area contributed by atoms with Crippen LogP contribution in [-0.4, -0.2) is 34.4 Å². The number of aryl methyl sites for hydroxylation is 1. The van der Waals surface area contributed by atoms with Crippen molar-refractivity contribution in [2.75, 3.05) is 19.9 Å². The third kappa shape index (κ3) is 2.12. The van der Waals surface area contributed by atoms with Crippen LogP contribution in [0.5, 0.6) is 5.75 Å². The molecule has 1 aliphatic heterocycles. The van der Waals surface area contributed by atoms with Crippen LogP contribution in [0.2, 0.25) is 0 Å². The van der Waals surface area contributed by atoms with Gasteiger partial charge in [-0.1, -0.05) is 19.1 Å². The first kappa shape index (κ1) is 13.4. The molecule has 2 atom stereocenters. The van der Waals surface area contributed by atoms with Gasteiger partial charge in [0.15, 0.2) is 9.84 Å². The Balaban J connectivity index is 2.48. The molecule has 1 aliphatic rings. The summed E-state index contributed by atoms with van der Waals surface area (Å²) in [7, 11) is 0.331. The molecule has 0 bridgehead atoms. The summed E-state index contributed by atoms with van der Waals surface area (Å²) in [6.45, 7) is 2.05. The van der Waals surface area contributed by atoms with E-state index >= 15 is 0 Å². The van der Waals surface area contributed by atoms with Crippen molar-refractivity contribution in [1.29, 1.82) is 0 Å². The average molecular weight is 269 g/mol. The van der Waals surface area contributed by atoms with E-state index in [1.165, 1.54) is 0 Å². The molecule has 0 amide bonds. The molecule has 1 fully saturated rings. The molecule has 0 spiro atoms. The fraction of sp³-hybridized carbons (Fsp3) is 0.538. The molecule has 1 heterocycles. The molecule has 0 radical (unpaired) electrons. The maximum absolute atomic E-state index is 12.0. The molecular formula is C13H19NO3S. The first-order chi connectivity index (χ1) is 8.53. The lowest BCUT2D eigenvalue weighted by Crippen LogP contribution is -2.52. The Kier molecular flexibility index (Phi) is 3.64. The van der Waals surface area contributed by atoms with Crippen molar-refractivity contribution in [3.8, 4) is 5.75 Å². The van der Waals surface area contributed by atoms with Gasteiger partial charge in [-0.2, -0.15) is 0 Å². The van der Waals surface area contributed by atoms with Crippen molar-refractivity contribution in [1.82, 2.24) is 5.32 Å². The topological polar surface area (TPSA) is 55.4 Å². The van der Waals surface area contributed by atoms with Crippen molar-refractivity contribution in [2.45, 2.75) is 24.6 Å². The summed E-state index contributed by atoms with van der Waals surface area (Å²) in [5, 5.41) is 2.58. The van der Waals surface area contributed by atoms with Crippen LogP contribution in [0, 0.1) is 0 Å². The Morgan fingerprint density at radius 3 is 2.67 bits per heavy atom. The normalized spacial score (nSPS) is 25.5. The molecule has 100 valence electrons. The van der Waals surface area contributed by atoms with E-state index in [4.69, 9.17) is 4.74 Å². The first-order valence-corrected chi connectivity index (χ1v) is 7.80. The Morgan fingerprint density at radius 2 is 2.17 bits per heavy atom. The molecule has 2 unspecified atom stereocenters. The summed E-state index contributed by atoms with van der Waals surface area (Å²) in [5.74, 6) is 0.856. The van der Waals surface area contributed by atoms with E-state index < -0.39 is 15.1 Å². The molecule has 5 heteroatoms. The number of hydrogen-bond donors (Lipinski definition) is 1. The molecule has 18 heavy (non-hydrogen) atoms. The van der Waals surface area contributed by atoms with Crippen LogP contribution < -0.4 is 10.1 Å². The van der Waals surface area contributed by atoms with Gasteiger partial charge in [0.1, 0.15) is 11.0 Å². The number of benzene rings is 1. The molecule has 1 N–H and O–H groups in total. The van der Waals surface area contributed by atoms with E-state index in [1.54, 1.807) is 14.2 Å². The summed E-state index contributed by atoms with van der Waals surface area (Å²) in [6, 6.07) is 5.76. The standard InChI is InChI=1S/C13H19NO3S/c1-4-9-5-6-12(17-3)10(7-9)13-11(14-2)8-18(13,15)16/h5-7,11,13-14H,4,8H2,1-3H3. The lowest BCUT2D eigenvalue weighted by molar-refractivity contribution is 0.400. The van der Waals surface area contributed by atoms with Gasteiger partial charge in [-0.05, 0) is 25.1 Å². The monoisotopic (exact) mass is 269 g/mol. The van der Waals surface area contributed by atoms with Crippen molar-refractivity contribution in [3.05, 3.63) is 29.3 Å². The van der Waals surface area contributed by atoms with Crippen LogP contribution in [0.25, 0.3) is 0 Å². The Morgan fingerprint density at radius 1 is 1.44 bits per heavy atom. The lowest BCUT2D eigenvalue weighted by atomic mass is 10.0. The quantitative estimate of drug-likeness (QED) is 0.895. The summed E-state index contributed by atoms with van der Waals surface area (Å²) in [4.78, 5) is 0. The van der Waals surface area contributed by atoms with E-state index in [9.17, 15) is 8.42 Å². The molecule has 1 aromatic rings. The number of likely N-dealkylation sites (N-methyl/N-ethyl adjacent to an activating group) is 1. The predicted molar refractivity (Wildman–Crippen MR) is 71.7 cm³/mol. The molecule has 1 saturated heterocycles. The highest BCUT2D eigenvalue weighted by molar-refractivity contribution is 7.93. The zero-order valence-electron chi connectivity index (χ0n) is 10.9. The highest BCUT2D eigenvalue weighted by Crippen LogP contribution is 2.41. The smallest absolute Gasteiger partial charge is 0.160 e. The van der Waals surface area contributed by atoms with Crippen molar-refractivity contribution >= 4 is 9.84 Å². The van der Waals surface area contributed by atoms with Crippen LogP contribution in [0.1, 0.15) is 23.3 Å². The molecular weight excluding hydrogens is 250 g/mol. The van der Waals surface area contributed by atoms with Crippen molar-refractivity contribution in [3.63, 3.8) is 0 Å². The molecule has 0 aliphatic carbocycles. The minimum Gasteiger partial charge on any atom is -0.496 e. The largest absolute Gasteiger partial charge is 0.496 e. The number of sulfone groups is 1. The Hall–Kier alpha value is -1.07. The second-order valence-corrected chi connectivity index (χ2v) is 6.74. The molecule has 1 aromatic carbocycles. The lowest BCUT2D eigenvalue weighted by Gasteiger charge is -2.37. The first-order valence-electron chi connectivity index (χ1n) is 6.09. The third-order valence-electron chi connectivity index (χ3n) is 3.54. The maximum atomic E-state index is 12.0. The maximum Gasteiger partial charge on any atom is 0.160 e. The van der Waals surface area contributed by atoms with Gasteiger partial charge >= 0.3 is 0 Å². The van der Waals surface area contributed by atoms with Gasteiger partial charge in [-0.3, -0.25) is 0 Å². The highest BCUT2D eigenvalue weighted by Gasteiger charge is 2.47. The second kappa shape index (κ2) is 4.90. The third-order valence-corrected chi connectivity index (χ3v) is 5.72. The fourth-order valence-corrected chi connectivity index (χ4v) is 4.45. The Labute approximate surface area is 108 Å². The number of methoxy groups -OCH3 is 1. The van der Waals surface area contributed by atoms with E-state index in [2.05, 4.69) is 12.2 Å². The predicted octanol–water partition coefficient (Wildman–Crippen LogP) is 1.32. The number of nitrogens with one attached hydrogen (secondary N) is 1. The van der Waals surface area contributed by atoms with Gasteiger partial charge in [0.05, 0.1) is 12.9 Å². The van der Waals surface area contributed by atoms with E-state index in [-0.39, 0.29) is 11.8 Å². The number of ether oxygens (including phenoxy) is 1. The number of rotatable bonds is 4. The second-order valence-electron chi connectivity index (χ2n) is 4.58. The molecule has 4 nitrogen and oxygen atoms in total. The molecule has 0 saturated carbocycles. The fourth-order valence-electron chi connectivity index (χ4n) is 2.44. The zero-order valence-corrected chi connectivity index (χ0v) is 11.8. The van der Waals surface area contributed by atoms with Gasteiger partial charge in [0, 0.05) is 11.6 Å². The summed E-state index contributed by atoms with van der Waals surface area (Å²) in [6.07, 6.45) is 0.883. The van der Waals surface area contributed by atoms with E-state index in [1.807, 2.05) is 18.2 Å². The summed E-state index contributed by atoms with van der Waals surface area (Å²) in [5.41, 5.74) is 1.91. The summed E-state index contributed by atoms with van der Waals surface area (Å²) < 4.78 is 29.2. The average Bonchev–Trinajstić information content (AvgIpc) is 2.35. The van der Waals surface area contributed by atoms with E-state index in [0.29, 0.717) is 5.75 Å². The molecule has 0 aromatic heterocycles. The SMILES string of the molecule is CCc1ccc(OC)c(C2C(NC)CS2(=O)=O)c1.